The van der Waals surface area contributed by atoms with Gasteiger partial charge < -0.3 is 9.67 Å². The first-order valence-corrected chi connectivity index (χ1v) is 5.72. The zero-order chi connectivity index (χ0) is 11.4. The van der Waals surface area contributed by atoms with Crippen LogP contribution in [-0.2, 0) is 18.3 Å². The van der Waals surface area contributed by atoms with Crippen LogP contribution in [0.15, 0.2) is 5.16 Å². The number of carboxylic acid groups (broad SMARTS) is 1. The van der Waals surface area contributed by atoms with E-state index in [0.717, 1.165) is 12.2 Å². The lowest BCUT2D eigenvalue weighted by Crippen LogP contribution is -2.04. The largest absolute Gasteiger partial charge is 0.481 e. The van der Waals surface area contributed by atoms with Gasteiger partial charge in [-0.15, -0.1) is 10.2 Å². The summed E-state index contributed by atoms with van der Waals surface area (Å²) in [6.45, 7) is 4.22. The molecule has 0 saturated heterocycles. The van der Waals surface area contributed by atoms with Gasteiger partial charge in [-0.3, -0.25) is 4.79 Å². The van der Waals surface area contributed by atoms with Gasteiger partial charge in [0.2, 0.25) is 0 Å². The van der Waals surface area contributed by atoms with Crippen LogP contribution < -0.4 is 0 Å². The van der Waals surface area contributed by atoms with Crippen molar-refractivity contribution >= 4 is 17.7 Å². The van der Waals surface area contributed by atoms with Crippen molar-refractivity contribution in [1.29, 1.82) is 0 Å². The molecule has 5 nitrogen and oxygen atoms in total. The van der Waals surface area contributed by atoms with E-state index in [-0.39, 0.29) is 5.75 Å². The van der Waals surface area contributed by atoms with Crippen LogP contribution in [0.4, 0.5) is 0 Å². The smallest absolute Gasteiger partial charge is 0.313 e. The van der Waals surface area contributed by atoms with Crippen LogP contribution in [-0.4, -0.2) is 31.6 Å². The number of thioether (sulfide) groups is 1. The highest BCUT2D eigenvalue weighted by atomic mass is 32.2. The van der Waals surface area contributed by atoms with Crippen LogP contribution in [0, 0.1) is 5.92 Å². The molecule has 1 N–H and O–H groups in total. The third kappa shape index (κ3) is 3.54. The van der Waals surface area contributed by atoms with Crippen molar-refractivity contribution in [2.24, 2.45) is 13.0 Å². The number of nitrogens with zero attached hydrogens (tertiary/aromatic N) is 3. The number of carbonyl (C=O) groups is 1. The Morgan fingerprint density at radius 2 is 2.20 bits per heavy atom. The van der Waals surface area contributed by atoms with Crippen molar-refractivity contribution < 1.29 is 9.90 Å². The minimum atomic E-state index is -0.839. The molecule has 0 atom stereocenters. The lowest BCUT2D eigenvalue weighted by molar-refractivity contribution is -0.133. The van der Waals surface area contributed by atoms with Gasteiger partial charge in [-0.05, 0) is 5.92 Å². The van der Waals surface area contributed by atoms with E-state index < -0.39 is 5.97 Å². The van der Waals surface area contributed by atoms with Crippen molar-refractivity contribution in [2.75, 3.05) is 5.75 Å². The van der Waals surface area contributed by atoms with E-state index in [9.17, 15) is 4.79 Å². The molecule has 1 rings (SSSR count). The SMILES string of the molecule is CC(C)Cc1nnc(SCC(=O)O)n1C. The predicted molar refractivity (Wildman–Crippen MR) is 57.9 cm³/mol. The fraction of sp³-hybridized carbons (Fsp3) is 0.667. The number of rotatable bonds is 5. The highest BCUT2D eigenvalue weighted by Gasteiger charge is 2.11. The molecule has 0 aliphatic carbocycles. The van der Waals surface area contributed by atoms with E-state index in [4.69, 9.17) is 5.11 Å². The molecule has 0 aliphatic rings. The van der Waals surface area contributed by atoms with Crippen molar-refractivity contribution in [3.63, 3.8) is 0 Å². The number of hydrogen-bond acceptors (Lipinski definition) is 4. The topological polar surface area (TPSA) is 68.0 Å². The van der Waals surface area contributed by atoms with Gasteiger partial charge in [0.15, 0.2) is 5.16 Å². The summed E-state index contributed by atoms with van der Waals surface area (Å²) in [6.07, 6.45) is 0.858. The minimum absolute atomic E-state index is 0.0215. The summed E-state index contributed by atoms with van der Waals surface area (Å²) in [5.41, 5.74) is 0. The van der Waals surface area contributed by atoms with Crippen LogP contribution in [0.5, 0.6) is 0 Å². The summed E-state index contributed by atoms with van der Waals surface area (Å²) < 4.78 is 1.85. The fourth-order valence-corrected chi connectivity index (χ4v) is 1.79. The highest BCUT2D eigenvalue weighted by Crippen LogP contribution is 2.16. The zero-order valence-electron chi connectivity index (χ0n) is 9.10. The first-order chi connectivity index (χ1) is 7.00. The summed E-state index contributed by atoms with van der Waals surface area (Å²) in [5, 5.41) is 17.2. The lowest BCUT2D eigenvalue weighted by atomic mass is 10.1. The maximum absolute atomic E-state index is 10.4. The summed E-state index contributed by atoms with van der Waals surface area (Å²) >= 11 is 1.19. The average Bonchev–Trinajstić information content (AvgIpc) is 2.44. The summed E-state index contributed by atoms with van der Waals surface area (Å²) in [7, 11) is 1.86. The molecule has 0 bridgehead atoms. The van der Waals surface area contributed by atoms with Crippen LogP contribution in [0.25, 0.3) is 0 Å². The predicted octanol–water partition coefficient (Wildman–Crippen LogP) is 1.19. The summed E-state index contributed by atoms with van der Waals surface area (Å²) in [6, 6.07) is 0. The molecular formula is C9H15N3O2S. The molecule has 6 heteroatoms. The van der Waals surface area contributed by atoms with Crippen LogP contribution in [0.1, 0.15) is 19.7 Å². The third-order valence-corrected chi connectivity index (χ3v) is 2.85. The molecule has 0 fully saturated rings. The number of hydrogen-bond donors (Lipinski definition) is 1. The quantitative estimate of drug-likeness (QED) is 0.768. The van der Waals surface area contributed by atoms with Crippen molar-refractivity contribution in [1.82, 2.24) is 14.8 Å². The lowest BCUT2D eigenvalue weighted by Gasteiger charge is -2.04. The number of aromatic nitrogens is 3. The molecule has 1 heterocycles. The molecule has 1 aromatic heterocycles. The molecule has 0 spiro atoms. The van der Waals surface area contributed by atoms with Crippen LogP contribution in [0.3, 0.4) is 0 Å². The average molecular weight is 229 g/mol. The Kier molecular flexibility index (Phi) is 4.14. The maximum Gasteiger partial charge on any atom is 0.313 e. The second-order valence-electron chi connectivity index (χ2n) is 3.74. The summed E-state index contributed by atoms with van der Waals surface area (Å²) in [4.78, 5) is 10.4. The molecule has 84 valence electrons. The van der Waals surface area contributed by atoms with Crippen LogP contribution >= 0.6 is 11.8 Å². The second-order valence-corrected chi connectivity index (χ2v) is 4.68. The van der Waals surface area contributed by atoms with E-state index in [0.29, 0.717) is 11.1 Å². The van der Waals surface area contributed by atoms with Gasteiger partial charge in [0.05, 0.1) is 5.75 Å². The maximum atomic E-state index is 10.4. The monoisotopic (exact) mass is 229 g/mol. The van der Waals surface area contributed by atoms with Gasteiger partial charge in [0, 0.05) is 13.5 Å². The van der Waals surface area contributed by atoms with E-state index >= 15 is 0 Å². The fourth-order valence-electron chi connectivity index (χ4n) is 1.14. The third-order valence-electron chi connectivity index (χ3n) is 1.84. The van der Waals surface area contributed by atoms with Gasteiger partial charge >= 0.3 is 5.97 Å². The molecule has 1 aromatic rings. The first kappa shape index (κ1) is 12.0. The first-order valence-electron chi connectivity index (χ1n) is 4.73. The Morgan fingerprint density at radius 1 is 1.53 bits per heavy atom. The van der Waals surface area contributed by atoms with E-state index in [1.165, 1.54) is 11.8 Å². The molecule has 0 unspecified atom stereocenters. The molecule has 0 amide bonds. The van der Waals surface area contributed by atoms with Gasteiger partial charge in [-0.2, -0.15) is 0 Å². The second kappa shape index (κ2) is 5.16. The van der Waals surface area contributed by atoms with Gasteiger partial charge in [-0.25, -0.2) is 0 Å². The number of carboxylic acids is 1. The molecular weight excluding hydrogens is 214 g/mol. The molecule has 0 radical (unpaired) electrons. The van der Waals surface area contributed by atoms with E-state index in [1.807, 2.05) is 11.6 Å². The number of aliphatic carboxylic acids is 1. The van der Waals surface area contributed by atoms with Crippen molar-refractivity contribution in [3.8, 4) is 0 Å². The molecule has 0 saturated carbocycles. The Bertz CT molecular complexity index is 349. The molecule has 15 heavy (non-hydrogen) atoms. The Balaban J connectivity index is 2.66. The summed E-state index contributed by atoms with van der Waals surface area (Å²) in [5.74, 6) is 0.602. The Labute approximate surface area is 92.9 Å². The molecule has 0 aliphatic heterocycles. The van der Waals surface area contributed by atoms with E-state index in [2.05, 4.69) is 24.0 Å². The van der Waals surface area contributed by atoms with Gasteiger partial charge in [0.25, 0.3) is 0 Å². The zero-order valence-corrected chi connectivity index (χ0v) is 9.91. The van der Waals surface area contributed by atoms with Gasteiger partial charge in [-0.1, -0.05) is 25.6 Å². The van der Waals surface area contributed by atoms with Crippen molar-refractivity contribution in [3.05, 3.63) is 5.82 Å². The Morgan fingerprint density at radius 3 is 2.73 bits per heavy atom. The standard InChI is InChI=1S/C9H15N3O2S/c1-6(2)4-7-10-11-9(12(7)3)15-5-8(13)14/h6H,4-5H2,1-3H3,(H,13,14). The van der Waals surface area contributed by atoms with E-state index in [1.54, 1.807) is 0 Å². The van der Waals surface area contributed by atoms with Crippen LogP contribution in [0.2, 0.25) is 0 Å². The Hall–Kier alpha value is -1.04. The molecule has 0 aromatic carbocycles. The minimum Gasteiger partial charge on any atom is -0.481 e. The van der Waals surface area contributed by atoms with Gasteiger partial charge in [0.1, 0.15) is 5.82 Å². The normalized spacial score (nSPS) is 10.9. The highest BCUT2D eigenvalue weighted by molar-refractivity contribution is 7.99. The van der Waals surface area contributed by atoms with Crippen molar-refractivity contribution in [2.45, 2.75) is 25.4 Å².